The van der Waals surface area contributed by atoms with Gasteiger partial charge in [-0.05, 0) is 61.4 Å². The van der Waals surface area contributed by atoms with Crippen LogP contribution in [0.25, 0.3) is 0 Å². The van der Waals surface area contributed by atoms with E-state index in [4.69, 9.17) is 0 Å². The number of anilines is 3. The molecule has 1 heterocycles. The van der Waals surface area contributed by atoms with Crippen LogP contribution in [0.1, 0.15) is 40.1 Å². The molecule has 0 aliphatic rings. The molecule has 0 atom stereocenters. The van der Waals surface area contributed by atoms with Crippen LogP contribution in [-0.4, -0.2) is 16.7 Å². The summed E-state index contributed by atoms with van der Waals surface area (Å²) < 4.78 is 0. The van der Waals surface area contributed by atoms with Crippen LogP contribution < -0.4 is 10.6 Å². The van der Waals surface area contributed by atoms with Crippen molar-refractivity contribution >= 4 is 28.9 Å². The first kappa shape index (κ1) is 18.3. The molecule has 0 aliphatic heterocycles. The molecule has 3 rings (SSSR count). The van der Waals surface area contributed by atoms with Gasteiger partial charge in [0, 0.05) is 23.1 Å². The average Bonchev–Trinajstić information content (AvgIpc) is 2.69. The van der Waals surface area contributed by atoms with Gasteiger partial charge >= 0.3 is 0 Å². The highest BCUT2D eigenvalue weighted by molar-refractivity contribution is 6.04. The Kier molecular flexibility index (Phi) is 5.61. The van der Waals surface area contributed by atoms with E-state index in [1.54, 1.807) is 36.4 Å². The maximum atomic E-state index is 12.4. The first-order chi connectivity index (χ1) is 13.1. The Balaban J connectivity index is 1.67. The summed E-state index contributed by atoms with van der Waals surface area (Å²) >= 11 is 0. The van der Waals surface area contributed by atoms with Crippen LogP contribution in [0.2, 0.25) is 0 Å². The van der Waals surface area contributed by atoms with Crippen molar-refractivity contribution in [1.29, 1.82) is 0 Å². The maximum Gasteiger partial charge on any atom is 0.257 e. The van der Waals surface area contributed by atoms with Gasteiger partial charge in [0.25, 0.3) is 5.91 Å². The number of hydrogen-bond acceptors (Lipinski definition) is 4. The highest BCUT2D eigenvalue weighted by atomic mass is 16.1. The fourth-order valence-corrected chi connectivity index (χ4v) is 2.68. The van der Waals surface area contributed by atoms with Crippen LogP contribution in [0.4, 0.5) is 17.2 Å². The minimum absolute atomic E-state index is 0.00943. The van der Waals surface area contributed by atoms with E-state index in [1.165, 1.54) is 18.7 Å². The van der Waals surface area contributed by atoms with Crippen molar-refractivity contribution in [3.63, 3.8) is 0 Å². The SMILES string of the molecule is CCc1ccccc1Nc1ccc(C(=O)Nc2ccc(C(C)=O)cc2)cn1. The van der Waals surface area contributed by atoms with Crippen molar-refractivity contribution in [2.75, 3.05) is 10.6 Å². The predicted octanol–water partition coefficient (Wildman–Crippen LogP) is 4.84. The summed E-state index contributed by atoms with van der Waals surface area (Å²) in [6.45, 7) is 3.61. The summed E-state index contributed by atoms with van der Waals surface area (Å²) in [4.78, 5) is 28.0. The third-order valence-electron chi connectivity index (χ3n) is 4.24. The van der Waals surface area contributed by atoms with E-state index in [1.807, 2.05) is 18.2 Å². The van der Waals surface area contributed by atoms with E-state index in [-0.39, 0.29) is 11.7 Å². The van der Waals surface area contributed by atoms with Crippen LogP contribution in [0.5, 0.6) is 0 Å². The van der Waals surface area contributed by atoms with Gasteiger partial charge in [0.05, 0.1) is 5.56 Å². The molecule has 0 saturated carbocycles. The highest BCUT2D eigenvalue weighted by Gasteiger charge is 2.08. The molecule has 0 unspecified atom stereocenters. The lowest BCUT2D eigenvalue weighted by atomic mass is 10.1. The van der Waals surface area contributed by atoms with Crippen LogP contribution in [0.15, 0.2) is 66.9 Å². The van der Waals surface area contributed by atoms with Gasteiger partial charge in [-0.15, -0.1) is 0 Å². The van der Waals surface area contributed by atoms with Crippen molar-refractivity contribution in [3.8, 4) is 0 Å². The number of Topliss-reactive ketones (excluding diaryl/α,β-unsaturated/α-hetero) is 1. The Morgan fingerprint density at radius 2 is 1.63 bits per heavy atom. The number of carbonyl (C=O) groups excluding carboxylic acids is 2. The molecule has 5 heteroatoms. The van der Waals surface area contributed by atoms with Gasteiger partial charge < -0.3 is 10.6 Å². The summed E-state index contributed by atoms with van der Waals surface area (Å²) in [7, 11) is 0. The summed E-state index contributed by atoms with van der Waals surface area (Å²) in [5, 5.41) is 6.08. The molecule has 5 nitrogen and oxygen atoms in total. The summed E-state index contributed by atoms with van der Waals surface area (Å²) in [6, 6.07) is 18.4. The number of nitrogens with zero attached hydrogens (tertiary/aromatic N) is 1. The highest BCUT2D eigenvalue weighted by Crippen LogP contribution is 2.20. The molecule has 2 aromatic carbocycles. The third-order valence-corrected chi connectivity index (χ3v) is 4.24. The predicted molar refractivity (Wildman–Crippen MR) is 108 cm³/mol. The number of hydrogen-bond donors (Lipinski definition) is 2. The number of nitrogens with one attached hydrogen (secondary N) is 2. The van der Waals surface area contributed by atoms with E-state index in [9.17, 15) is 9.59 Å². The van der Waals surface area contributed by atoms with Gasteiger partial charge in [-0.1, -0.05) is 25.1 Å². The number of pyridine rings is 1. The smallest absolute Gasteiger partial charge is 0.257 e. The third kappa shape index (κ3) is 4.58. The second-order valence-electron chi connectivity index (χ2n) is 6.16. The summed E-state index contributed by atoms with van der Waals surface area (Å²) in [5.41, 5.74) is 3.91. The number of para-hydroxylation sites is 1. The fourth-order valence-electron chi connectivity index (χ4n) is 2.68. The van der Waals surface area contributed by atoms with Crippen molar-refractivity contribution < 1.29 is 9.59 Å². The Bertz CT molecular complexity index is 948. The lowest BCUT2D eigenvalue weighted by Crippen LogP contribution is -2.12. The first-order valence-corrected chi connectivity index (χ1v) is 8.80. The number of rotatable bonds is 6. The zero-order valence-electron chi connectivity index (χ0n) is 15.3. The van der Waals surface area contributed by atoms with Crippen molar-refractivity contribution in [2.24, 2.45) is 0 Å². The normalized spacial score (nSPS) is 10.3. The number of benzene rings is 2. The summed E-state index contributed by atoms with van der Waals surface area (Å²) in [6.07, 6.45) is 2.46. The molecular weight excluding hydrogens is 338 g/mol. The molecule has 136 valence electrons. The molecule has 0 radical (unpaired) electrons. The van der Waals surface area contributed by atoms with Crippen LogP contribution >= 0.6 is 0 Å². The quantitative estimate of drug-likeness (QED) is 0.618. The molecule has 0 fully saturated rings. The van der Waals surface area contributed by atoms with E-state index < -0.39 is 0 Å². The summed E-state index contributed by atoms with van der Waals surface area (Å²) in [5.74, 6) is 0.418. The van der Waals surface area contributed by atoms with E-state index in [2.05, 4.69) is 28.6 Å². The van der Waals surface area contributed by atoms with Crippen molar-refractivity contribution in [1.82, 2.24) is 4.98 Å². The molecule has 1 aromatic heterocycles. The largest absolute Gasteiger partial charge is 0.340 e. The van der Waals surface area contributed by atoms with E-state index in [0.29, 0.717) is 22.6 Å². The van der Waals surface area contributed by atoms with Gasteiger partial charge in [-0.3, -0.25) is 9.59 Å². The molecule has 3 aromatic rings. The Morgan fingerprint density at radius 1 is 0.926 bits per heavy atom. The van der Waals surface area contributed by atoms with E-state index >= 15 is 0 Å². The number of aromatic nitrogens is 1. The maximum absolute atomic E-state index is 12.4. The first-order valence-electron chi connectivity index (χ1n) is 8.80. The van der Waals surface area contributed by atoms with Gasteiger partial charge in [-0.25, -0.2) is 4.98 Å². The Morgan fingerprint density at radius 3 is 2.26 bits per heavy atom. The second kappa shape index (κ2) is 8.27. The van der Waals surface area contributed by atoms with Crippen LogP contribution in [0.3, 0.4) is 0 Å². The molecule has 0 aliphatic carbocycles. The number of ketones is 1. The fraction of sp³-hybridized carbons (Fsp3) is 0.136. The van der Waals surface area contributed by atoms with E-state index in [0.717, 1.165) is 12.1 Å². The zero-order chi connectivity index (χ0) is 19.2. The molecule has 0 spiro atoms. The second-order valence-corrected chi connectivity index (χ2v) is 6.16. The number of aryl methyl sites for hydroxylation is 1. The van der Waals surface area contributed by atoms with Gasteiger partial charge in [-0.2, -0.15) is 0 Å². The molecule has 2 N–H and O–H groups in total. The van der Waals surface area contributed by atoms with Gasteiger partial charge in [0.1, 0.15) is 5.82 Å². The van der Waals surface area contributed by atoms with Crippen LogP contribution in [0, 0.1) is 0 Å². The number of carbonyl (C=O) groups is 2. The minimum Gasteiger partial charge on any atom is -0.340 e. The minimum atomic E-state index is -0.251. The molecule has 27 heavy (non-hydrogen) atoms. The zero-order valence-corrected chi connectivity index (χ0v) is 15.3. The molecular formula is C22H21N3O2. The number of amides is 1. The Hall–Kier alpha value is -3.47. The molecule has 0 bridgehead atoms. The molecule has 1 amide bonds. The lowest BCUT2D eigenvalue weighted by Gasteiger charge is -2.10. The average molecular weight is 359 g/mol. The Labute approximate surface area is 158 Å². The topological polar surface area (TPSA) is 71.1 Å². The molecule has 0 saturated heterocycles. The lowest BCUT2D eigenvalue weighted by molar-refractivity contribution is 0.101. The monoisotopic (exact) mass is 359 g/mol. The van der Waals surface area contributed by atoms with Gasteiger partial charge in [0.2, 0.25) is 0 Å². The standard InChI is InChI=1S/C22H21N3O2/c1-3-16-6-4-5-7-20(16)25-21-13-10-18(14-23-21)22(27)24-19-11-8-17(9-12-19)15(2)26/h4-14H,3H2,1-2H3,(H,23,25)(H,24,27). The van der Waals surface area contributed by atoms with Gasteiger partial charge in [0.15, 0.2) is 5.78 Å². The van der Waals surface area contributed by atoms with Crippen LogP contribution in [-0.2, 0) is 6.42 Å². The van der Waals surface area contributed by atoms with Crippen molar-refractivity contribution in [3.05, 3.63) is 83.6 Å². The van der Waals surface area contributed by atoms with Crippen molar-refractivity contribution in [2.45, 2.75) is 20.3 Å².